The van der Waals surface area contributed by atoms with Crippen LogP contribution in [0.2, 0.25) is 5.02 Å². The molecule has 1 aliphatic heterocycles. The molecule has 136 valence electrons. The Morgan fingerprint density at radius 2 is 1.85 bits per heavy atom. The molecule has 6 nitrogen and oxygen atoms in total. The maximum absolute atomic E-state index is 12.9. The van der Waals surface area contributed by atoms with E-state index in [1.54, 1.807) is 22.7 Å². The Bertz CT molecular complexity index is 1050. The fourth-order valence-electron chi connectivity index (χ4n) is 3.00. The normalized spacial score (nSPS) is 15.7. The van der Waals surface area contributed by atoms with Gasteiger partial charge in [0.25, 0.3) is 0 Å². The number of hydrogen-bond acceptors (Lipinski definition) is 5. The maximum atomic E-state index is 12.9. The molecule has 0 radical (unpaired) electrons. The minimum atomic E-state index is -3.55. The van der Waals surface area contributed by atoms with Crippen LogP contribution in [0.1, 0.15) is 18.4 Å². The molecule has 3 heterocycles. The average molecular weight is 409 g/mol. The molecule has 9 heteroatoms. The van der Waals surface area contributed by atoms with Crippen LogP contribution in [0.5, 0.6) is 0 Å². The zero-order chi connectivity index (χ0) is 18.1. The largest absolute Gasteiger partial charge is 0.276 e. The second-order valence-corrected chi connectivity index (χ2v) is 9.30. The predicted molar refractivity (Wildman–Crippen MR) is 102 cm³/mol. The molecule has 1 fully saturated rings. The highest BCUT2D eigenvalue weighted by atomic mass is 35.5. The second-order valence-electron chi connectivity index (χ2n) is 6.04. The fourth-order valence-corrected chi connectivity index (χ4v) is 5.84. The molecule has 0 atom stereocenters. The van der Waals surface area contributed by atoms with E-state index in [1.165, 1.54) is 16.1 Å². The summed E-state index contributed by atoms with van der Waals surface area (Å²) in [6.45, 7) is 1.12. The maximum Gasteiger partial charge on any atom is 0.246 e. The van der Waals surface area contributed by atoms with E-state index in [9.17, 15) is 8.42 Å². The lowest BCUT2D eigenvalue weighted by Gasteiger charge is -2.15. The molecule has 0 amide bonds. The van der Waals surface area contributed by atoms with Crippen LogP contribution in [-0.4, -0.2) is 40.4 Å². The Labute approximate surface area is 161 Å². The molecule has 26 heavy (non-hydrogen) atoms. The highest BCUT2D eigenvalue weighted by Crippen LogP contribution is 2.29. The number of fused-ring (bicyclic) bond motifs is 1. The fraction of sp³-hybridized carbons (Fsp3) is 0.294. The molecule has 2 aromatic heterocycles. The lowest BCUT2D eigenvalue weighted by molar-refractivity contribution is 0.478. The van der Waals surface area contributed by atoms with E-state index in [1.807, 2.05) is 24.3 Å². The van der Waals surface area contributed by atoms with Gasteiger partial charge in [-0.1, -0.05) is 41.6 Å². The molecule has 1 aromatic carbocycles. The van der Waals surface area contributed by atoms with Gasteiger partial charge in [0.2, 0.25) is 10.0 Å². The molecule has 0 saturated carbocycles. The van der Waals surface area contributed by atoms with Gasteiger partial charge in [-0.2, -0.15) is 4.31 Å². The molecular formula is C17H17ClN4O2S2. The Balaban J connectivity index is 1.66. The Kier molecular flexibility index (Phi) is 4.92. The first-order chi connectivity index (χ1) is 12.6. The first-order valence-corrected chi connectivity index (χ1v) is 11.1. The summed E-state index contributed by atoms with van der Waals surface area (Å²) in [5.74, 6) is 0.629. The van der Waals surface area contributed by atoms with Crippen molar-refractivity contribution in [2.24, 2.45) is 0 Å². The minimum absolute atomic E-state index is 0.207. The van der Waals surface area contributed by atoms with Crippen molar-refractivity contribution in [2.45, 2.75) is 28.6 Å². The molecule has 4 rings (SSSR count). The van der Waals surface area contributed by atoms with Crippen LogP contribution in [0.25, 0.3) is 5.65 Å². The van der Waals surface area contributed by atoms with Crippen LogP contribution in [0.4, 0.5) is 0 Å². The predicted octanol–water partition coefficient (Wildman–Crippen LogP) is 3.46. The van der Waals surface area contributed by atoms with Crippen LogP contribution in [0.3, 0.4) is 0 Å². The first kappa shape index (κ1) is 17.8. The minimum Gasteiger partial charge on any atom is -0.276 e. The third-order valence-electron chi connectivity index (χ3n) is 4.37. The highest BCUT2D eigenvalue weighted by Gasteiger charge is 2.30. The van der Waals surface area contributed by atoms with Gasteiger partial charge in [-0.3, -0.25) is 4.40 Å². The number of sulfonamides is 1. The van der Waals surface area contributed by atoms with Crippen molar-refractivity contribution in [3.05, 3.63) is 53.2 Å². The van der Waals surface area contributed by atoms with Gasteiger partial charge in [0, 0.05) is 30.1 Å². The molecule has 0 spiro atoms. The number of rotatable bonds is 5. The van der Waals surface area contributed by atoms with Gasteiger partial charge in [-0.05, 0) is 36.6 Å². The summed E-state index contributed by atoms with van der Waals surface area (Å²) in [6.07, 6.45) is 3.58. The summed E-state index contributed by atoms with van der Waals surface area (Å²) >= 11 is 7.67. The van der Waals surface area contributed by atoms with Crippen LogP contribution < -0.4 is 0 Å². The highest BCUT2D eigenvalue weighted by molar-refractivity contribution is 7.98. The number of benzene rings is 1. The van der Waals surface area contributed by atoms with Gasteiger partial charge < -0.3 is 0 Å². The summed E-state index contributed by atoms with van der Waals surface area (Å²) in [5.41, 5.74) is 1.36. The third-order valence-corrected chi connectivity index (χ3v) is 7.65. The van der Waals surface area contributed by atoms with Crippen LogP contribution in [0.15, 0.2) is 52.6 Å². The quantitative estimate of drug-likeness (QED) is 0.605. The average Bonchev–Trinajstić information content (AvgIpc) is 3.31. The number of pyridine rings is 1. The standard InChI is InChI=1S/C17H17ClN4O2S2/c18-14-7-2-1-6-13(14)12-25-17-20-19-16-15(8-5-11-22(16)17)26(23,24)21-9-3-4-10-21/h1-2,5-8,11H,3-4,9-10,12H2. The zero-order valence-electron chi connectivity index (χ0n) is 13.9. The van der Waals surface area contributed by atoms with Crippen molar-refractivity contribution in [2.75, 3.05) is 13.1 Å². The van der Waals surface area contributed by atoms with E-state index in [0.29, 0.717) is 34.7 Å². The lowest BCUT2D eigenvalue weighted by Crippen LogP contribution is -2.28. The van der Waals surface area contributed by atoms with E-state index in [-0.39, 0.29) is 4.90 Å². The van der Waals surface area contributed by atoms with Crippen molar-refractivity contribution in [1.82, 2.24) is 18.9 Å². The van der Waals surface area contributed by atoms with Gasteiger partial charge in [0.15, 0.2) is 10.8 Å². The first-order valence-electron chi connectivity index (χ1n) is 8.27. The molecular weight excluding hydrogens is 392 g/mol. The number of thioether (sulfide) groups is 1. The number of nitrogens with zero attached hydrogens (tertiary/aromatic N) is 4. The van der Waals surface area contributed by atoms with E-state index < -0.39 is 10.0 Å². The summed E-state index contributed by atoms with van der Waals surface area (Å²) < 4.78 is 29.1. The van der Waals surface area contributed by atoms with Crippen LogP contribution in [-0.2, 0) is 15.8 Å². The van der Waals surface area contributed by atoms with Crippen molar-refractivity contribution in [1.29, 1.82) is 0 Å². The Morgan fingerprint density at radius 1 is 1.08 bits per heavy atom. The molecule has 1 aliphatic rings. The number of halogens is 1. The van der Waals surface area contributed by atoms with E-state index >= 15 is 0 Å². The Hall–Kier alpha value is -1.61. The number of aromatic nitrogens is 3. The second kappa shape index (κ2) is 7.19. The van der Waals surface area contributed by atoms with Gasteiger partial charge >= 0.3 is 0 Å². The van der Waals surface area contributed by atoms with Crippen molar-refractivity contribution in [3.8, 4) is 0 Å². The third kappa shape index (κ3) is 3.22. The molecule has 0 aliphatic carbocycles. The van der Waals surface area contributed by atoms with E-state index in [0.717, 1.165) is 18.4 Å². The van der Waals surface area contributed by atoms with E-state index in [2.05, 4.69) is 10.2 Å². The van der Waals surface area contributed by atoms with Gasteiger partial charge in [-0.25, -0.2) is 8.42 Å². The zero-order valence-corrected chi connectivity index (χ0v) is 16.3. The van der Waals surface area contributed by atoms with Crippen molar-refractivity contribution in [3.63, 3.8) is 0 Å². The van der Waals surface area contributed by atoms with Crippen molar-refractivity contribution >= 4 is 39.0 Å². The smallest absolute Gasteiger partial charge is 0.246 e. The van der Waals surface area contributed by atoms with Gasteiger partial charge in [0.05, 0.1) is 0 Å². The summed E-state index contributed by atoms with van der Waals surface area (Å²) in [4.78, 5) is 0.207. The van der Waals surface area contributed by atoms with Gasteiger partial charge in [-0.15, -0.1) is 10.2 Å². The SMILES string of the molecule is O=S(=O)(c1cccn2c(SCc3ccccc3Cl)nnc12)N1CCCC1. The number of hydrogen-bond donors (Lipinski definition) is 0. The lowest BCUT2D eigenvalue weighted by atomic mass is 10.2. The molecule has 0 N–H and O–H groups in total. The summed E-state index contributed by atoms with van der Waals surface area (Å²) in [7, 11) is -3.55. The topological polar surface area (TPSA) is 67.6 Å². The molecule has 0 unspecified atom stereocenters. The van der Waals surface area contributed by atoms with Crippen molar-refractivity contribution < 1.29 is 8.42 Å². The van der Waals surface area contributed by atoms with E-state index in [4.69, 9.17) is 11.6 Å². The van der Waals surface area contributed by atoms with Crippen LogP contribution >= 0.6 is 23.4 Å². The molecule has 0 bridgehead atoms. The summed E-state index contributed by atoms with van der Waals surface area (Å²) in [5, 5.41) is 9.67. The molecule has 1 saturated heterocycles. The van der Waals surface area contributed by atoms with Crippen LogP contribution in [0, 0.1) is 0 Å². The molecule has 3 aromatic rings. The van der Waals surface area contributed by atoms with Gasteiger partial charge in [0.1, 0.15) is 4.90 Å². The summed E-state index contributed by atoms with van der Waals surface area (Å²) in [6, 6.07) is 10.9. The Morgan fingerprint density at radius 3 is 2.62 bits per heavy atom. The monoisotopic (exact) mass is 408 g/mol.